The Labute approximate surface area is 175 Å². The number of hydrogen-bond donors (Lipinski definition) is 2. The van der Waals surface area contributed by atoms with Crippen LogP contribution in [0.1, 0.15) is 18.9 Å². The number of aliphatic imine (C=N–C) groups is 1. The minimum atomic E-state index is 0. The van der Waals surface area contributed by atoms with Crippen molar-refractivity contribution in [3.63, 3.8) is 0 Å². The van der Waals surface area contributed by atoms with E-state index < -0.39 is 0 Å². The zero-order chi connectivity index (χ0) is 17.0. The highest BCUT2D eigenvalue weighted by Crippen LogP contribution is 2.20. The number of thioether (sulfide) groups is 1. The van der Waals surface area contributed by atoms with Crippen LogP contribution in [0.5, 0.6) is 5.75 Å². The molecule has 0 saturated carbocycles. The minimum Gasteiger partial charge on any atom is -0.497 e. The normalized spacial score (nSPS) is 10.9. The Balaban J connectivity index is 0.00000312. The molecule has 0 saturated heterocycles. The van der Waals surface area contributed by atoms with Gasteiger partial charge >= 0.3 is 0 Å². The molecule has 25 heavy (non-hydrogen) atoms. The summed E-state index contributed by atoms with van der Waals surface area (Å²) < 4.78 is 6.38. The molecule has 0 atom stereocenters. The first-order chi connectivity index (χ1) is 11.8. The molecule has 2 N–H and O–H groups in total. The standard InChI is InChI=1S/C17H24N4OS2.HI/c1-3-18-16(19-8-5-10-23-17-20-9-11-24-17)21-13-14-6-4-7-15(12-14)22-2;/h4,6-7,9,11-12H,3,5,8,10,13H2,1-2H3,(H2,18,19,21);1H. The molecule has 138 valence electrons. The van der Waals surface area contributed by atoms with E-state index in [-0.39, 0.29) is 24.0 Å². The lowest BCUT2D eigenvalue weighted by Gasteiger charge is -2.11. The van der Waals surface area contributed by atoms with Crippen LogP contribution in [-0.2, 0) is 6.54 Å². The lowest BCUT2D eigenvalue weighted by molar-refractivity contribution is 0.414. The molecule has 0 unspecified atom stereocenters. The molecular weight excluding hydrogens is 467 g/mol. The molecule has 5 nitrogen and oxygen atoms in total. The Kier molecular flexibility index (Phi) is 11.7. The van der Waals surface area contributed by atoms with Gasteiger partial charge in [-0.15, -0.1) is 35.3 Å². The molecule has 2 aromatic rings. The summed E-state index contributed by atoms with van der Waals surface area (Å²) >= 11 is 3.49. The van der Waals surface area contributed by atoms with E-state index in [1.54, 1.807) is 30.2 Å². The Morgan fingerprint density at radius 3 is 2.96 bits per heavy atom. The first-order valence-corrected chi connectivity index (χ1v) is 9.85. The number of methoxy groups -OCH3 is 1. The van der Waals surface area contributed by atoms with Gasteiger partial charge in [-0.05, 0) is 31.0 Å². The molecular formula is C17H25IN4OS2. The summed E-state index contributed by atoms with van der Waals surface area (Å²) in [5.74, 6) is 2.76. The number of aromatic nitrogens is 1. The van der Waals surface area contributed by atoms with Gasteiger partial charge in [0.2, 0.25) is 0 Å². The van der Waals surface area contributed by atoms with Gasteiger partial charge in [-0.3, -0.25) is 0 Å². The quantitative estimate of drug-likeness (QED) is 0.182. The highest BCUT2D eigenvalue weighted by molar-refractivity contribution is 14.0. The monoisotopic (exact) mass is 492 g/mol. The van der Waals surface area contributed by atoms with Crippen molar-refractivity contribution >= 4 is 53.0 Å². The van der Waals surface area contributed by atoms with E-state index in [1.807, 2.05) is 29.8 Å². The summed E-state index contributed by atoms with van der Waals surface area (Å²) in [6.07, 6.45) is 2.91. The van der Waals surface area contributed by atoms with Crippen molar-refractivity contribution in [2.24, 2.45) is 4.99 Å². The van der Waals surface area contributed by atoms with Gasteiger partial charge in [-0.2, -0.15) is 0 Å². The third-order valence-corrected chi connectivity index (χ3v) is 5.20. The van der Waals surface area contributed by atoms with Gasteiger partial charge in [-0.1, -0.05) is 23.9 Å². The maximum atomic E-state index is 5.25. The maximum absolute atomic E-state index is 5.25. The fraction of sp³-hybridized carbons (Fsp3) is 0.412. The Morgan fingerprint density at radius 1 is 1.36 bits per heavy atom. The molecule has 0 aliphatic rings. The molecule has 8 heteroatoms. The van der Waals surface area contributed by atoms with Crippen LogP contribution in [0.15, 0.2) is 45.2 Å². The fourth-order valence-corrected chi connectivity index (χ4v) is 3.65. The summed E-state index contributed by atoms with van der Waals surface area (Å²) in [6.45, 7) is 4.43. The fourth-order valence-electron chi connectivity index (χ4n) is 2.00. The number of nitrogens with one attached hydrogen (secondary N) is 2. The molecule has 0 bridgehead atoms. The van der Waals surface area contributed by atoms with Gasteiger partial charge in [0.15, 0.2) is 5.96 Å². The average Bonchev–Trinajstić information content (AvgIpc) is 3.13. The zero-order valence-corrected chi connectivity index (χ0v) is 18.5. The van der Waals surface area contributed by atoms with Crippen LogP contribution in [0.2, 0.25) is 0 Å². The summed E-state index contributed by atoms with van der Waals surface area (Å²) in [6, 6.07) is 7.99. The summed E-state index contributed by atoms with van der Waals surface area (Å²) in [5, 5.41) is 8.66. The van der Waals surface area contributed by atoms with E-state index in [9.17, 15) is 0 Å². The molecule has 1 heterocycles. The molecule has 1 aromatic heterocycles. The van der Waals surface area contributed by atoms with Crippen molar-refractivity contribution in [3.05, 3.63) is 41.4 Å². The molecule has 0 aliphatic carbocycles. The van der Waals surface area contributed by atoms with E-state index in [0.717, 1.165) is 46.9 Å². The van der Waals surface area contributed by atoms with Crippen LogP contribution in [0.4, 0.5) is 0 Å². The average molecular weight is 492 g/mol. The second kappa shape index (κ2) is 13.2. The van der Waals surface area contributed by atoms with E-state index in [2.05, 4.69) is 33.6 Å². The number of thiazole rings is 1. The minimum absolute atomic E-state index is 0. The van der Waals surface area contributed by atoms with Crippen LogP contribution in [0.25, 0.3) is 0 Å². The summed E-state index contributed by atoms with van der Waals surface area (Å²) in [7, 11) is 1.68. The second-order valence-electron chi connectivity index (χ2n) is 4.97. The van der Waals surface area contributed by atoms with Gasteiger partial charge in [0, 0.05) is 30.4 Å². The van der Waals surface area contributed by atoms with Crippen molar-refractivity contribution < 1.29 is 4.74 Å². The first-order valence-electron chi connectivity index (χ1n) is 7.99. The Hall–Kier alpha value is -1.00. The second-order valence-corrected chi connectivity index (χ2v) is 7.21. The van der Waals surface area contributed by atoms with Gasteiger partial charge < -0.3 is 15.4 Å². The van der Waals surface area contributed by atoms with Crippen LogP contribution in [-0.4, -0.2) is 36.9 Å². The molecule has 0 spiro atoms. The van der Waals surface area contributed by atoms with E-state index in [4.69, 9.17) is 4.74 Å². The van der Waals surface area contributed by atoms with Gasteiger partial charge in [0.1, 0.15) is 10.1 Å². The highest BCUT2D eigenvalue weighted by atomic mass is 127. The lowest BCUT2D eigenvalue weighted by Crippen LogP contribution is -2.37. The Morgan fingerprint density at radius 2 is 2.24 bits per heavy atom. The number of ether oxygens (including phenoxy) is 1. The third kappa shape index (κ3) is 8.77. The van der Waals surface area contributed by atoms with Crippen molar-refractivity contribution in [2.45, 2.75) is 24.2 Å². The van der Waals surface area contributed by atoms with Crippen molar-refractivity contribution in [2.75, 3.05) is 26.0 Å². The number of halogens is 1. The van der Waals surface area contributed by atoms with Crippen molar-refractivity contribution in [1.82, 2.24) is 15.6 Å². The third-order valence-electron chi connectivity index (χ3n) is 3.15. The van der Waals surface area contributed by atoms with Crippen LogP contribution in [0.3, 0.4) is 0 Å². The van der Waals surface area contributed by atoms with E-state index >= 15 is 0 Å². The number of benzene rings is 1. The number of guanidine groups is 1. The summed E-state index contributed by atoms with van der Waals surface area (Å²) in [4.78, 5) is 8.90. The SMILES string of the molecule is CCNC(=NCc1cccc(OC)c1)NCCCSc1nccs1.I. The van der Waals surface area contributed by atoms with Gasteiger partial charge in [0.25, 0.3) is 0 Å². The smallest absolute Gasteiger partial charge is 0.191 e. The van der Waals surface area contributed by atoms with E-state index in [1.165, 1.54) is 0 Å². The topological polar surface area (TPSA) is 58.5 Å². The molecule has 0 radical (unpaired) electrons. The van der Waals surface area contributed by atoms with Gasteiger partial charge in [0.05, 0.1) is 13.7 Å². The zero-order valence-electron chi connectivity index (χ0n) is 14.5. The molecule has 0 amide bonds. The van der Waals surface area contributed by atoms with Crippen LogP contribution in [0, 0.1) is 0 Å². The van der Waals surface area contributed by atoms with Crippen LogP contribution < -0.4 is 15.4 Å². The van der Waals surface area contributed by atoms with Crippen molar-refractivity contribution in [3.8, 4) is 5.75 Å². The number of rotatable bonds is 9. The first kappa shape index (κ1) is 22.0. The highest BCUT2D eigenvalue weighted by Gasteiger charge is 2.00. The number of hydrogen-bond acceptors (Lipinski definition) is 5. The van der Waals surface area contributed by atoms with Crippen molar-refractivity contribution in [1.29, 1.82) is 0 Å². The number of nitrogens with zero attached hydrogens (tertiary/aromatic N) is 2. The van der Waals surface area contributed by atoms with Crippen LogP contribution >= 0.6 is 47.1 Å². The molecule has 1 aromatic carbocycles. The van der Waals surface area contributed by atoms with Gasteiger partial charge in [-0.25, -0.2) is 9.98 Å². The Bertz CT molecular complexity index is 623. The largest absolute Gasteiger partial charge is 0.497 e. The lowest BCUT2D eigenvalue weighted by atomic mass is 10.2. The molecule has 2 rings (SSSR count). The summed E-state index contributed by atoms with van der Waals surface area (Å²) in [5.41, 5.74) is 1.13. The maximum Gasteiger partial charge on any atom is 0.191 e. The molecule has 0 fully saturated rings. The molecule has 0 aliphatic heterocycles. The predicted octanol–water partition coefficient (Wildman–Crippen LogP) is 4.01. The predicted molar refractivity (Wildman–Crippen MR) is 119 cm³/mol. The van der Waals surface area contributed by atoms with E-state index in [0.29, 0.717) is 6.54 Å².